The molecule has 9 heteroatoms. The molecule has 0 aliphatic carbocycles. The molecule has 2 atom stereocenters. The molecular formula is C61H104NO8+. The fourth-order valence-corrected chi connectivity index (χ4v) is 7.28. The quantitative estimate of drug-likeness (QED) is 0.0211. The van der Waals surface area contributed by atoms with Crippen LogP contribution in [0.1, 0.15) is 213 Å². The van der Waals surface area contributed by atoms with Crippen molar-refractivity contribution in [3.63, 3.8) is 0 Å². The van der Waals surface area contributed by atoms with Gasteiger partial charge >= 0.3 is 17.9 Å². The molecule has 0 fully saturated rings. The number of carboxylic acid groups (broad SMARTS) is 1. The maximum absolute atomic E-state index is 12.8. The van der Waals surface area contributed by atoms with Crippen LogP contribution in [0.5, 0.6) is 0 Å². The van der Waals surface area contributed by atoms with Gasteiger partial charge < -0.3 is 28.5 Å². The molecule has 0 amide bonds. The lowest BCUT2D eigenvalue weighted by atomic mass is 10.0. The third-order valence-electron chi connectivity index (χ3n) is 11.6. The number of rotatable bonds is 50. The summed E-state index contributed by atoms with van der Waals surface area (Å²) in [5, 5.41) is 9.67. The zero-order valence-electron chi connectivity index (χ0n) is 45.4. The van der Waals surface area contributed by atoms with Crippen molar-refractivity contribution in [2.24, 2.45) is 0 Å². The highest BCUT2D eigenvalue weighted by Crippen LogP contribution is 2.15. The third-order valence-corrected chi connectivity index (χ3v) is 11.6. The van der Waals surface area contributed by atoms with Gasteiger partial charge in [0.15, 0.2) is 6.10 Å². The minimum Gasteiger partial charge on any atom is -0.477 e. The summed E-state index contributed by atoms with van der Waals surface area (Å²) < 4.78 is 22.8. The van der Waals surface area contributed by atoms with E-state index in [2.05, 4.69) is 111 Å². The van der Waals surface area contributed by atoms with Crippen LogP contribution in [0.3, 0.4) is 0 Å². The molecule has 0 heterocycles. The van der Waals surface area contributed by atoms with Gasteiger partial charge in [-0.2, -0.15) is 0 Å². The van der Waals surface area contributed by atoms with Crippen molar-refractivity contribution in [1.82, 2.24) is 0 Å². The monoisotopic (exact) mass is 979 g/mol. The largest absolute Gasteiger partial charge is 0.477 e. The van der Waals surface area contributed by atoms with E-state index in [0.717, 1.165) is 109 Å². The van der Waals surface area contributed by atoms with E-state index in [1.54, 1.807) is 0 Å². The Morgan fingerprint density at radius 2 is 0.814 bits per heavy atom. The van der Waals surface area contributed by atoms with E-state index in [-0.39, 0.29) is 38.6 Å². The fraction of sp³-hybridized carbons (Fsp3) is 0.689. The van der Waals surface area contributed by atoms with Gasteiger partial charge in [0.1, 0.15) is 13.2 Å². The number of likely N-dealkylation sites (N-methyl/N-ethyl adjacent to an activating group) is 1. The second kappa shape index (κ2) is 51.6. The molecule has 0 saturated carbocycles. The minimum absolute atomic E-state index is 0.182. The molecule has 0 saturated heterocycles. The van der Waals surface area contributed by atoms with E-state index < -0.39 is 24.3 Å². The Hall–Kier alpha value is -3.79. The fourth-order valence-electron chi connectivity index (χ4n) is 7.28. The van der Waals surface area contributed by atoms with Gasteiger partial charge in [-0.1, -0.05) is 201 Å². The number of esters is 2. The highest BCUT2D eigenvalue weighted by Gasteiger charge is 2.25. The molecule has 0 bridgehead atoms. The molecule has 9 nitrogen and oxygen atoms in total. The number of hydrogen-bond acceptors (Lipinski definition) is 7. The zero-order chi connectivity index (χ0) is 51.3. The van der Waals surface area contributed by atoms with Gasteiger partial charge in [-0.05, 0) is 96.3 Å². The number of unbranched alkanes of at least 4 members (excludes halogenated alkanes) is 19. The number of carbonyl (C=O) groups excluding carboxylic acids is 2. The van der Waals surface area contributed by atoms with Gasteiger partial charge in [-0.25, -0.2) is 4.79 Å². The van der Waals surface area contributed by atoms with Crippen molar-refractivity contribution in [2.75, 3.05) is 47.5 Å². The molecule has 1 N–H and O–H groups in total. The first kappa shape index (κ1) is 66.2. The highest BCUT2D eigenvalue weighted by molar-refractivity contribution is 5.71. The molecule has 0 aromatic carbocycles. The van der Waals surface area contributed by atoms with Crippen molar-refractivity contribution >= 4 is 17.9 Å². The Labute approximate surface area is 429 Å². The van der Waals surface area contributed by atoms with Crippen LogP contribution in [0.2, 0.25) is 0 Å². The van der Waals surface area contributed by atoms with Crippen molar-refractivity contribution in [3.05, 3.63) is 97.2 Å². The molecule has 0 radical (unpaired) electrons. The van der Waals surface area contributed by atoms with E-state index in [1.165, 1.54) is 70.6 Å². The van der Waals surface area contributed by atoms with Crippen molar-refractivity contribution in [1.29, 1.82) is 0 Å². The normalized spacial score (nSPS) is 13.6. The maximum Gasteiger partial charge on any atom is 0.361 e. The van der Waals surface area contributed by atoms with E-state index in [1.807, 2.05) is 21.1 Å². The van der Waals surface area contributed by atoms with Crippen LogP contribution in [0, 0.1) is 0 Å². The van der Waals surface area contributed by atoms with Gasteiger partial charge in [0.05, 0.1) is 34.4 Å². The van der Waals surface area contributed by atoms with Crippen LogP contribution in [0.15, 0.2) is 97.2 Å². The molecule has 70 heavy (non-hydrogen) atoms. The number of hydrogen-bond donors (Lipinski definition) is 1. The topological polar surface area (TPSA) is 108 Å². The van der Waals surface area contributed by atoms with E-state index in [9.17, 15) is 19.5 Å². The van der Waals surface area contributed by atoms with Crippen molar-refractivity contribution < 1.29 is 42.9 Å². The number of ether oxygens (including phenoxy) is 4. The van der Waals surface area contributed by atoms with Crippen LogP contribution in [-0.4, -0.2) is 87.4 Å². The number of nitrogens with zero attached hydrogens (tertiary/aromatic N) is 1. The third kappa shape index (κ3) is 52.0. The van der Waals surface area contributed by atoms with Gasteiger partial charge in [0.25, 0.3) is 6.29 Å². The summed E-state index contributed by atoms with van der Waals surface area (Å²) in [6.07, 6.45) is 66.3. The summed E-state index contributed by atoms with van der Waals surface area (Å²) in [5.74, 6) is -2.03. The van der Waals surface area contributed by atoms with Crippen LogP contribution in [0.25, 0.3) is 0 Å². The van der Waals surface area contributed by atoms with Crippen molar-refractivity contribution in [3.8, 4) is 0 Å². The Morgan fingerprint density at radius 1 is 0.443 bits per heavy atom. The number of carbonyl (C=O) groups is 3. The summed E-state index contributed by atoms with van der Waals surface area (Å²) in [5.41, 5.74) is 0. The first-order valence-corrected chi connectivity index (χ1v) is 27.9. The number of allylic oxidation sites excluding steroid dienone is 16. The first-order valence-electron chi connectivity index (χ1n) is 27.9. The second-order valence-corrected chi connectivity index (χ2v) is 19.5. The SMILES string of the molecule is CC/C=C\C/C=C\C/C=C\C/C=C\C/C=C\C/C=C\C/C=C\CCCCCCCCCCCCCC(=O)OC(COC(=O)CCCCCCC/C=C\CCCCC)COC(OCC[N+](C)(C)C)C(=O)O. The van der Waals surface area contributed by atoms with Crippen LogP contribution < -0.4 is 0 Å². The van der Waals surface area contributed by atoms with Crippen molar-refractivity contribution in [2.45, 2.75) is 225 Å². The molecular weight excluding hydrogens is 875 g/mol. The van der Waals surface area contributed by atoms with E-state index >= 15 is 0 Å². The molecule has 0 aromatic heterocycles. The van der Waals surface area contributed by atoms with E-state index in [0.29, 0.717) is 17.4 Å². The number of quaternary nitrogens is 1. The lowest BCUT2D eigenvalue weighted by Crippen LogP contribution is -2.40. The Morgan fingerprint density at radius 3 is 1.23 bits per heavy atom. The highest BCUT2D eigenvalue weighted by atomic mass is 16.7. The Bertz CT molecular complexity index is 1470. The molecule has 0 spiro atoms. The number of aliphatic carboxylic acids is 1. The predicted molar refractivity (Wildman–Crippen MR) is 295 cm³/mol. The van der Waals surface area contributed by atoms with Gasteiger partial charge in [-0.15, -0.1) is 0 Å². The predicted octanol–water partition coefficient (Wildman–Crippen LogP) is 16.2. The van der Waals surface area contributed by atoms with Gasteiger partial charge in [0, 0.05) is 12.8 Å². The van der Waals surface area contributed by atoms with Crippen LogP contribution in [-0.2, 0) is 33.3 Å². The lowest BCUT2D eigenvalue weighted by Gasteiger charge is -2.25. The average Bonchev–Trinajstić information content (AvgIpc) is 3.33. The smallest absolute Gasteiger partial charge is 0.361 e. The molecule has 400 valence electrons. The summed E-state index contributed by atoms with van der Waals surface area (Å²) in [6, 6.07) is 0. The standard InChI is InChI=1S/C61H103NO8/c1-6-8-10-12-14-16-18-20-21-22-23-24-25-26-27-28-29-30-31-32-33-34-35-36-37-38-39-40-42-44-46-48-50-52-59(64)70-57(56-69-61(60(65)66)67-54-53-62(3,4)5)55-68-58(63)51-49-47-45-43-41-19-17-15-13-11-9-7-2/h8,10,14-17,20-21,23-24,26-27,29-30,32-33,57,61H,6-7,9,11-13,18-19,22,25,28,31,34-56H2,1-5H3/p+1/b10-8-,16-14-,17-15-,21-20-,24-23-,27-26-,30-29-,33-32-. The minimum atomic E-state index is -1.52. The molecule has 0 rings (SSSR count). The number of carboxylic acids is 1. The Kier molecular flexibility index (Phi) is 48.8. The molecule has 0 aliphatic rings. The lowest BCUT2D eigenvalue weighted by molar-refractivity contribution is -0.870. The van der Waals surface area contributed by atoms with Crippen LogP contribution in [0.4, 0.5) is 0 Å². The summed E-state index contributed by atoms with van der Waals surface area (Å²) >= 11 is 0. The molecule has 0 aliphatic heterocycles. The zero-order valence-corrected chi connectivity index (χ0v) is 45.4. The molecule has 2 unspecified atom stereocenters. The molecule has 0 aromatic rings. The van der Waals surface area contributed by atoms with Gasteiger partial charge in [-0.3, -0.25) is 9.59 Å². The summed E-state index contributed by atoms with van der Waals surface area (Å²) in [4.78, 5) is 37.3. The summed E-state index contributed by atoms with van der Waals surface area (Å²) in [6.45, 7) is 4.71. The average molecular weight is 980 g/mol. The van der Waals surface area contributed by atoms with Crippen LogP contribution >= 0.6 is 0 Å². The van der Waals surface area contributed by atoms with Gasteiger partial charge in [0.2, 0.25) is 0 Å². The first-order chi connectivity index (χ1) is 34.1. The maximum atomic E-state index is 12.8. The summed E-state index contributed by atoms with van der Waals surface area (Å²) in [7, 11) is 5.95. The van der Waals surface area contributed by atoms with E-state index in [4.69, 9.17) is 18.9 Å². The second-order valence-electron chi connectivity index (χ2n) is 19.5. The Balaban J connectivity index is 4.18.